The molecule has 0 radical (unpaired) electrons. The number of benzene rings is 3. The lowest BCUT2D eigenvalue weighted by Crippen LogP contribution is -2.46. The molecule has 1 aromatic heterocycles. The summed E-state index contributed by atoms with van der Waals surface area (Å²) in [6, 6.07) is 21.7. The van der Waals surface area contributed by atoms with Crippen molar-refractivity contribution in [3.8, 4) is 6.07 Å². The average Bonchev–Trinajstić information content (AvgIpc) is 3.20. The number of hydrogen-bond acceptors (Lipinski definition) is 4. The van der Waals surface area contributed by atoms with E-state index in [1.165, 1.54) is 0 Å². The summed E-state index contributed by atoms with van der Waals surface area (Å²) in [6.45, 7) is 0. The zero-order valence-corrected chi connectivity index (χ0v) is 17.7. The first-order chi connectivity index (χ1) is 15.5. The summed E-state index contributed by atoms with van der Waals surface area (Å²) in [5.74, 6) is 0.517. The van der Waals surface area contributed by atoms with Gasteiger partial charge < -0.3 is 15.4 Å². The lowest BCUT2D eigenvalue weighted by molar-refractivity contribution is 0.0341. The molecule has 1 aliphatic rings. The van der Waals surface area contributed by atoms with E-state index in [0.717, 1.165) is 22.4 Å². The van der Waals surface area contributed by atoms with Gasteiger partial charge in [0.1, 0.15) is 5.82 Å². The van der Waals surface area contributed by atoms with E-state index in [-0.39, 0.29) is 5.91 Å². The Hall–Kier alpha value is -3.66. The van der Waals surface area contributed by atoms with Gasteiger partial charge in [0.15, 0.2) is 0 Å². The molecule has 0 atom stereocenters. The van der Waals surface area contributed by atoms with Crippen LogP contribution in [0.5, 0.6) is 0 Å². The van der Waals surface area contributed by atoms with Gasteiger partial charge in [-0.15, -0.1) is 0 Å². The molecule has 0 spiro atoms. The van der Waals surface area contributed by atoms with Crippen molar-refractivity contribution in [3.05, 3.63) is 94.3 Å². The third-order valence-corrected chi connectivity index (χ3v) is 6.25. The van der Waals surface area contributed by atoms with Gasteiger partial charge in [0.05, 0.1) is 34.2 Å². The van der Waals surface area contributed by atoms with Gasteiger partial charge in [0.2, 0.25) is 0 Å². The topological polar surface area (TPSA) is 102 Å². The molecule has 0 saturated heterocycles. The van der Waals surface area contributed by atoms with Crippen molar-refractivity contribution in [2.45, 2.75) is 24.4 Å². The van der Waals surface area contributed by atoms with Crippen LogP contribution in [0.3, 0.4) is 0 Å². The molecule has 0 aliphatic heterocycles. The number of rotatable bonds is 4. The SMILES string of the molecule is N#Cc1cccc(C(=O)Nc2ccc(C3(c4nc5ccc(Cl)cc5[nH]4)CC(O)C3)cc2)c1. The first-order valence-electron chi connectivity index (χ1n) is 10.2. The van der Waals surface area contributed by atoms with Crippen LogP contribution in [-0.2, 0) is 5.41 Å². The van der Waals surface area contributed by atoms with Crippen LogP contribution in [0, 0.1) is 11.3 Å². The molecule has 6 nitrogen and oxygen atoms in total. The van der Waals surface area contributed by atoms with Crippen molar-refractivity contribution in [2.24, 2.45) is 0 Å². The third-order valence-electron chi connectivity index (χ3n) is 6.01. The number of H-pyrrole nitrogens is 1. The molecule has 4 aromatic rings. The Morgan fingerprint density at radius 1 is 1.16 bits per heavy atom. The fraction of sp³-hybridized carbons (Fsp3) is 0.160. The Kier molecular flexibility index (Phi) is 4.93. The third kappa shape index (κ3) is 3.52. The number of nitriles is 1. The van der Waals surface area contributed by atoms with E-state index >= 15 is 0 Å². The first kappa shape index (κ1) is 20.3. The van der Waals surface area contributed by atoms with Gasteiger partial charge in [0, 0.05) is 16.3 Å². The van der Waals surface area contributed by atoms with Crippen molar-refractivity contribution in [2.75, 3.05) is 5.32 Å². The molecule has 5 rings (SSSR count). The Morgan fingerprint density at radius 2 is 1.94 bits per heavy atom. The molecule has 3 aromatic carbocycles. The number of carbonyl (C=O) groups excluding carboxylic acids is 1. The van der Waals surface area contributed by atoms with Crippen molar-refractivity contribution < 1.29 is 9.90 Å². The standard InChI is InChI=1S/C25H19ClN4O2/c26-18-6-9-21-22(11-18)30-24(29-21)25(12-20(31)13-25)17-4-7-19(8-5-17)28-23(32)16-3-1-2-15(10-16)14-27/h1-11,20,31H,12-13H2,(H,28,32)(H,29,30). The molecule has 1 heterocycles. The van der Waals surface area contributed by atoms with E-state index in [4.69, 9.17) is 21.8 Å². The van der Waals surface area contributed by atoms with Crippen LogP contribution in [0.2, 0.25) is 5.02 Å². The second-order valence-corrected chi connectivity index (χ2v) is 8.55. The largest absolute Gasteiger partial charge is 0.393 e. The van der Waals surface area contributed by atoms with Gasteiger partial charge in [-0.2, -0.15) is 5.26 Å². The van der Waals surface area contributed by atoms with Crippen LogP contribution in [0.25, 0.3) is 11.0 Å². The van der Waals surface area contributed by atoms with E-state index in [9.17, 15) is 9.90 Å². The number of aliphatic hydroxyl groups excluding tert-OH is 1. The maximum atomic E-state index is 12.5. The number of aromatic amines is 1. The van der Waals surface area contributed by atoms with Gasteiger partial charge in [-0.1, -0.05) is 29.8 Å². The summed E-state index contributed by atoms with van der Waals surface area (Å²) in [4.78, 5) is 20.7. The highest BCUT2D eigenvalue weighted by atomic mass is 35.5. The molecule has 32 heavy (non-hydrogen) atoms. The van der Waals surface area contributed by atoms with E-state index in [1.54, 1.807) is 30.3 Å². The van der Waals surface area contributed by atoms with Crippen molar-refractivity contribution in [1.82, 2.24) is 9.97 Å². The van der Waals surface area contributed by atoms with Crippen molar-refractivity contribution >= 4 is 34.2 Å². The summed E-state index contributed by atoms with van der Waals surface area (Å²) in [5.41, 5.74) is 3.78. The van der Waals surface area contributed by atoms with Gasteiger partial charge in [-0.25, -0.2) is 4.98 Å². The normalized spacial score (nSPS) is 19.8. The number of aromatic nitrogens is 2. The highest BCUT2D eigenvalue weighted by Gasteiger charge is 2.48. The zero-order valence-electron chi connectivity index (χ0n) is 17.0. The first-order valence-corrected chi connectivity index (χ1v) is 10.6. The average molecular weight is 443 g/mol. The number of nitrogens with one attached hydrogen (secondary N) is 2. The fourth-order valence-electron chi connectivity index (χ4n) is 4.32. The number of fused-ring (bicyclic) bond motifs is 1. The molecular weight excluding hydrogens is 424 g/mol. The Bertz CT molecular complexity index is 1360. The number of carbonyl (C=O) groups is 1. The molecule has 7 heteroatoms. The van der Waals surface area contributed by atoms with Crippen molar-refractivity contribution in [1.29, 1.82) is 5.26 Å². The molecule has 1 amide bonds. The molecule has 1 aliphatic carbocycles. The highest BCUT2D eigenvalue weighted by molar-refractivity contribution is 6.31. The molecule has 158 valence electrons. The molecule has 3 N–H and O–H groups in total. The summed E-state index contributed by atoms with van der Waals surface area (Å²) in [7, 11) is 0. The Morgan fingerprint density at radius 3 is 2.66 bits per heavy atom. The maximum Gasteiger partial charge on any atom is 0.255 e. The highest BCUT2D eigenvalue weighted by Crippen LogP contribution is 2.48. The fourth-order valence-corrected chi connectivity index (χ4v) is 4.50. The van der Waals surface area contributed by atoms with Gasteiger partial charge >= 0.3 is 0 Å². The lowest BCUT2D eigenvalue weighted by atomic mass is 9.62. The molecular formula is C25H19ClN4O2. The minimum atomic E-state index is -0.422. The van der Waals surface area contributed by atoms with Crippen LogP contribution in [0.15, 0.2) is 66.7 Å². The smallest absolute Gasteiger partial charge is 0.255 e. The van der Waals surface area contributed by atoms with Crippen LogP contribution in [0.1, 0.15) is 40.2 Å². The van der Waals surface area contributed by atoms with Crippen molar-refractivity contribution in [3.63, 3.8) is 0 Å². The number of anilines is 1. The van der Waals surface area contributed by atoms with Crippen LogP contribution < -0.4 is 5.32 Å². The van der Waals surface area contributed by atoms with Crippen LogP contribution >= 0.6 is 11.6 Å². The molecule has 0 bridgehead atoms. The van der Waals surface area contributed by atoms with E-state index in [0.29, 0.717) is 34.7 Å². The number of nitrogens with zero attached hydrogens (tertiary/aromatic N) is 2. The predicted molar refractivity (Wildman–Crippen MR) is 123 cm³/mol. The summed E-state index contributed by atoms with van der Waals surface area (Å²) in [6.07, 6.45) is 0.735. The summed E-state index contributed by atoms with van der Waals surface area (Å²) in [5, 5.41) is 22.7. The second-order valence-electron chi connectivity index (χ2n) is 8.12. The molecule has 0 unspecified atom stereocenters. The minimum Gasteiger partial charge on any atom is -0.393 e. The number of aliphatic hydroxyl groups is 1. The van der Waals surface area contributed by atoms with Gasteiger partial charge in [-0.05, 0) is 66.9 Å². The Labute approximate surface area is 189 Å². The number of imidazole rings is 1. The monoisotopic (exact) mass is 442 g/mol. The van der Waals surface area contributed by atoms with Gasteiger partial charge in [-0.3, -0.25) is 4.79 Å². The number of amides is 1. The quantitative estimate of drug-likeness (QED) is 0.423. The number of hydrogen-bond donors (Lipinski definition) is 3. The van der Waals surface area contributed by atoms with Crippen LogP contribution in [0.4, 0.5) is 5.69 Å². The van der Waals surface area contributed by atoms with E-state index in [2.05, 4.69) is 10.3 Å². The summed E-state index contributed by atoms with van der Waals surface area (Å²) >= 11 is 6.11. The summed E-state index contributed by atoms with van der Waals surface area (Å²) < 4.78 is 0. The second kappa shape index (κ2) is 7.79. The molecule has 1 saturated carbocycles. The minimum absolute atomic E-state index is 0.280. The predicted octanol–water partition coefficient (Wildman–Crippen LogP) is 4.78. The zero-order chi connectivity index (χ0) is 22.3. The maximum absolute atomic E-state index is 12.5. The lowest BCUT2D eigenvalue weighted by Gasteiger charge is -2.44. The van der Waals surface area contributed by atoms with Crippen LogP contribution in [-0.4, -0.2) is 27.1 Å². The Balaban J connectivity index is 1.42. The van der Waals surface area contributed by atoms with E-state index < -0.39 is 11.5 Å². The van der Waals surface area contributed by atoms with Gasteiger partial charge in [0.25, 0.3) is 5.91 Å². The van der Waals surface area contributed by atoms with E-state index in [1.807, 2.05) is 42.5 Å². The molecule has 1 fully saturated rings. The number of halogens is 1.